The highest BCUT2D eigenvalue weighted by Crippen LogP contribution is 2.36. The van der Waals surface area contributed by atoms with Gasteiger partial charge in [-0.2, -0.15) is 0 Å². The summed E-state index contributed by atoms with van der Waals surface area (Å²) in [4.78, 5) is 0. The third-order valence-electron chi connectivity index (χ3n) is 3.94. The Balaban J connectivity index is 1.75. The fourth-order valence-electron chi connectivity index (χ4n) is 2.99. The summed E-state index contributed by atoms with van der Waals surface area (Å²) in [5.41, 5.74) is 2.61. The molecular formula is C17H18ClN. The molecule has 2 atom stereocenters. The van der Waals surface area contributed by atoms with Crippen molar-refractivity contribution in [2.24, 2.45) is 0 Å². The van der Waals surface area contributed by atoms with Crippen molar-refractivity contribution in [3.8, 4) is 0 Å². The topological polar surface area (TPSA) is 12.0 Å². The van der Waals surface area contributed by atoms with Crippen LogP contribution in [0.5, 0.6) is 0 Å². The minimum Gasteiger partial charge on any atom is -0.382 e. The summed E-state index contributed by atoms with van der Waals surface area (Å²) in [5, 5.41) is 4.45. The van der Waals surface area contributed by atoms with Gasteiger partial charge in [-0.3, -0.25) is 0 Å². The molecule has 2 unspecified atom stereocenters. The second kappa shape index (κ2) is 5.66. The fraction of sp³-hybridized carbons (Fsp3) is 0.294. The molecule has 1 aliphatic carbocycles. The zero-order valence-corrected chi connectivity index (χ0v) is 11.6. The highest BCUT2D eigenvalue weighted by atomic mass is 35.5. The summed E-state index contributed by atoms with van der Waals surface area (Å²) >= 11 is 5.93. The maximum absolute atomic E-state index is 5.93. The lowest BCUT2D eigenvalue weighted by atomic mass is 9.94. The van der Waals surface area contributed by atoms with Gasteiger partial charge in [0.1, 0.15) is 0 Å². The van der Waals surface area contributed by atoms with Crippen LogP contribution < -0.4 is 5.32 Å². The number of hydrogen-bond acceptors (Lipinski definition) is 1. The molecule has 1 saturated carbocycles. The Morgan fingerprint density at radius 1 is 0.895 bits per heavy atom. The molecule has 1 nitrogen and oxygen atoms in total. The molecule has 1 fully saturated rings. The maximum atomic E-state index is 5.93. The van der Waals surface area contributed by atoms with Crippen LogP contribution in [-0.2, 0) is 0 Å². The molecule has 0 spiro atoms. The van der Waals surface area contributed by atoms with Gasteiger partial charge in [0.05, 0.1) is 0 Å². The monoisotopic (exact) mass is 271 g/mol. The Kier molecular flexibility index (Phi) is 3.74. The van der Waals surface area contributed by atoms with Gasteiger partial charge in [0.15, 0.2) is 0 Å². The largest absolute Gasteiger partial charge is 0.382 e. The van der Waals surface area contributed by atoms with E-state index < -0.39 is 0 Å². The van der Waals surface area contributed by atoms with E-state index in [-0.39, 0.29) is 0 Å². The summed E-state index contributed by atoms with van der Waals surface area (Å²) in [6.07, 6.45) is 3.81. The van der Waals surface area contributed by atoms with Gasteiger partial charge < -0.3 is 5.32 Å². The number of rotatable bonds is 3. The van der Waals surface area contributed by atoms with E-state index in [1.54, 1.807) is 0 Å². The van der Waals surface area contributed by atoms with Gasteiger partial charge in [0.2, 0.25) is 0 Å². The Morgan fingerprint density at radius 3 is 2.37 bits per heavy atom. The van der Waals surface area contributed by atoms with Crippen LogP contribution in [0.3, 0.4) is 0 Å². The molecule has 98 valence electrons. The van der Waals surface area contributed by atoms with Crippen molar-refractivity contribution in [1.82, 2.24) is 0 Å². The van der Waals surface area contributed by atoms with Crippen molar-refractivity contribution in [1.29, 1.82) is 0 Å². The number of hydrogen-bond donors (Lipinski definition) is 1. The van der Waals surface area contributed by atoms with Crippen LogP contribution in [0, 0.1) is 0 Å². The van der Waals surface area contributed by atoms with Crippen molar-refractivity contribution >= 4 is 17.3 Å². The van der Waals surface area contributed by atoms with Crippen LogP contribution in [0.4, 0.5) is 5.69 Å². The molecule has 3 rings (SSSR count). The van der Waals surface area contributed by atoms with Crippen LogP contribution >= 0.6 is 11.6 Å². The molecule has 2 heteroatoms. The van der Waals surface area contributed by atoms with Crippen LogP contribution in [0.1, 0.15) is 30.7 Å². The minimum atomic E-state index is 0.531. The van der Waals surface area contributed by atoms with E-state index in [9.17, 15) is 0 Å². The van der Waals surface area contributed by atoms with E-state index >= 15 is 0 Å². The van der Waals surface area contributed by atoms with Crippen LogP contribution in [0.2, 0.25) is 5.02 Å². The molecule has 1 N–H and O–H groups in total. The zero-order valence-electron chi connectivity index (χ0n) is 10.9. The molecule has 0 radical (unpaired) electrons. The zero-order chi connectivity index (χ0) is 13.1. The van der Waals surface area contributed by atoms with Gasteiger partial charge >= 0.3 is 0 Å². The lowest BCUT2D eigenvalue weighted by molar-refractivity contribution is 0.650. The summed E-state index contributed by atoms with van der Waals surface area (Å²) in [6.45, 7) is 0. The summed E-state index contributed by atoms with van der Waals surface area (Å²) < 4.78 is 0. The molecule has 0 saturated heterocycles. The van der Waals surface area contributed by atoms with Crippen molar-refractivity contribution in [3.05, 3.63) is 65.2 Å². The Hall–Kier alpha value is -1.47. The number of benzene rings is 2. The van der Waals surface area contributed by atoms with E-state index in [0.717, 1.165) is 10.7 Å². The molecule has 0 aromatic heterocycles. The lowest BCUT2D eigenvalue weighted by Crippen LogP contribution is -2.22. The van der Waals surface area contributed by atoms with Crippen LogP contribution in [-0.4, -0.2) is 6.04 Å². The lowest BCUT2D eigenvalue weighted by Gasteiger charge is -2.22. The second-order valence-corrected chi connectivity index (χ2v) is 5.64. The first-order valence-corrected chi connectivity index (χ1v) is 7.28. The molecule has 19 heavy (non-hydrogen) atoms. The molecular weight excluding hydrogens is 254 g/mol. The highest BCUT2D eigenvalue weighted by molar-refractivity contribution is 6.30. The van der Waals surface area contributed by atoms with Crippen LogP contribution in [0.15, 0.2) is 54.6 Å². The predicted molar refractivity (Wildman–Crippen MR) is 81.9 cm³/mol. The number of nitrogens with one attached hydrogen (secondary N) is 1. The van der Waals surface area contributed by atoms with Crippen molar-refractivity contribution in [2.45, 2.75) is 31.2 Å². The first-order chi connectivity index (χ1) is 9.33. The fourth-order valence-corrected chi connectivity index (χ4v) is 3.12. The van der Waals surface area contributed by atoms with Crippen LogP contribution in [0.25, 0.3) is 0 Å². The number of anilines is 1. The molecule has 0 amide bonds. The van der Waals surface area contributed by atoms with Gasteiger partial charge in [0.25, 0.3) is 0 Å². The third kappa shape index (κ3) is 2.93. The smallest absolute Gasteiger partial charge is 0.0407 e. The van der Waals surface area contributed by atoms with Gasteiger partial charge in [0, 0.05) is 22.7 Å². The van der Waals surface area contributed by atoms with Gasteiger partial charge in [-0.05, 0) is 42.7 Å². The van der Waals surface area contributed by atoms with E-state index in [0.29, 0.717) is 12.0 Å². The van der Waals surface area contributed by atoms with Gasteiger partial charge in [-0.25, -0.2) is 0 Å². The molecule has 0 aliphatic heterocycles. The SMILES string of the molecule is Clc1ccc(NC2CCCC2c2ccccc2)cc1. The predicted octanol–water partition coefficient (Wildman–Crippen LogP) is 5.09. The summed E-state index contributed by atoms with van der Waals surface area (Å²) in [5.74, 6) is 0.622. The van der Waals surface area contributed by atoms with E-state index in [1.807, 2.05) is 12.1 Å². The number of halogens is 1. The molecule has 0 heterocycles. The highest BCUT2D eigenvalue weighted by Gasteiger charge is 2.28. The van der Waals surface area contributed by atoms with Crippen molar-refractivity contribution < 1.29 is 0 Å². The summed E-state index contributed by atoms with van der Waals surface area (Å²) in [7, 11) is 0. The first-order valence-electron chi connectivity index (χ1n) is 6.90. The molecule has 1 aliphatic rings. The Morgan fingerprint density at radius 2 is 1.63 bits per heavy atom. The van der Waals surface area contributed by atoms with E-state index in [4.69, 9.17) is 11.6 Å². The molecule has 2 aromatic carbocycles. The quantitative estimate of drug-likeness (QED) is 0.820. The third-order valence-corrected chi connectivity index (χ3v) is 4.19. The minimum absolute atomic E-state index is 0.531. The average Bonchev–Trinajstić information content (AvgIpc) is 2.90. The Bertz CT molecular complexity index is 521. The normalized spacial score (nSPS) is 22.4. The molecule has 0 bridgehead atoms. The average molecular weight is 272 g/mol. The van der Waals surface area contributed by atoms with E-state index in [2.05, 4.69) is 47.8 Å². The Labute approximate surface area is 119 Å². The second-order valence-electron chi connectivity index (χ2n) is 5.21. The van der Waals surface area contributed by atoms with Gasteiger partial charge in [-0.15, -0.1) is 0 Å². The standard InChI is InChI=1S/C17H18ClN/c18-14-9-11-15(12-10-14)19-17-8-4-7-16(17)13-5-2-1-3-6-13/h1-3,5-6,9-12,16-17,19H,4,7-8H2. The first kappa shape index (κ1) is 12.6. The maximum Gasteiger partial charge on any atom is 0.0407 e. The summed E-state index contributed by atoms with van der Waals surface area (Å²) in [6, 6.07) is 19.4. The van der Waals surface area contributed by atoms with E-state index in [1.165, 1.54) is 24.8 Å². The van der Waals surface area contributed by atoms with Crippen molar-refractivity contribution in [2.75, 3.05) is 5.32 Å². The van der Waals surface area contributed by atoms with Crippen molar-refractivity contribution in [3.63, 3.8) is 0 Å². The molecule has 2 aromatic rings. The van der Waals surface area contributed by atoms with Gasteiger partial charge in [-0.1, -0.05) is 48.4 Å².